The third-order valence-electron chi connectivity index (χ3n) is 6.39. The second-order valence-electron chi connectivity index (χ2n) is 8.98. The molecule has 0 radical (unpaired) electrons. The van der Waals surface area contributed by atoms with E-state index in [0.717, 1.165) is 30.5 Å². The number of amidine groups is 1. The number of fused-ring (bicyclic) bond motifs is 1. The topological polar surface area (TPSA) is 121 Å². The number of nitrogens with zero attached hydrogens (tertiary/aromatic N) is 2. The molecule has 1 fully saturated rings. The number of pyridine rings is 1. The number of unbranched alkanes of at least 4 members (excludes halogenated alkanes) is 1. The molecule has 0 spiro atoms. The molecule has 34 heavy (non-hydrogen) atoms. The first-order valence-electron chi connectivity index (χ1n) is 11.8. The van der Waals surface area contributed by atoms with Crippen molar-refractivity contribution in [2.45, 2.75) is 63.7 Å². The third kappa shape index (κ3) is 5.15. The van der Waals surface area contributed by atoms with Crippen molar-refractivity contribution in [1.29, 1.82) is 5.41 Å². The number of benzene rings is 1. The highest BCUT2D eigenvalue weighted by Crippen LogP contribution is 2.40. The maximum Gasteiger partial charge on any atom is 0.272 e. The Kier molecular flexibility index (Phi) is 7.04. The summed E-state index contributed by atoms with van der Waals surface area (Å²) in [4.78, 5) is 19.5. The molecule has 8 nitrogen and oxygen atoms in total. The van der Waals surface area contributed by atoms with Gasteiger partial charge >= 0.3 is 0 Å². The quantitative estimate of drug-likeness (QED) is 0.355. The summed E-state index contributed by atoms with van der Waals surface area (Å²) >= 11 is 0. The molecule has 2 aliphatic rings. The highest BCUT2D eigenvalue weighted by Gasteiger charge is 2.32. The number of carbonyl (C=O) groups excluding carboxylic acids is 1. The molecule has 1 aliphatic carbocycles. The number of nitrogens with one attached hydrogen (secondary N) is 1. The highest BCUT2D eigenvalue weighted by atomic mass is 32.2. The molecular formula is C25H31N3O5S. The molecule has 2 aromatic rings. The van der Waals surface area contributed by atoms with Crippen molar-refractivity contribution in [3.63, 3.8) is 0 Å². The Morgan fingerprint density at radius 3 is 2.68 bits per heavy atom. The lowest BCUT2D eigenvalue weighted by atomic mass is 10.0. The Balaban J connectivity index is 1.54. The van der Waals surface area contributed by atoms with Crippen LogP contribution in [0.1, 0.15) is 90.0 Å². The Bertz CT molecular complexity index is 1210. The van der Waals surface area contributed by atoms with Crippen LogP contribution in [0.4, 0.5) is 0 Å². The van der Waals surface area contributed by atoms with Crippen molar-refractivity contribution in [2.75, 3.05) is 13.2 Å². The minimum absolute atomic E-state index is 0.0103. The zero-order valence-electron chi connectivity index (χ0n) is 19.6. The van der Waals surface area contributed by atoms with Gasteiger partial charge in [-0.3, -0.25) is 14.8 Å². The van der Waals surface area contributed by atoms with Crippen LogP contribution in [0, 0.1) is 5.41 Å². The summed E-state index contributed by atoms with van der Waals surface area (Å²) in [5.74, 6) is 0.818. The zero-order valence-corrected chi connectivity index (χ0v) is 20.4. The number of hydrogen-bond acceptors (Lipinski definition) is 6. The minimum Gasteiger partial charge on any atom is -0.494 e. The van der Waals surface area contributed by atoms with Gasteiger partial charge in [-0.1, -0.05) is 38.0 Å². The lowest BCUT2D eigenvalue weighted by Gasteiger charge is -2.20. The lowest BCUT2D eigenvalue weighted by molar-refractivity contribution is 0.0962. The van der Waals surface area contributed by atoms with Crippen LogP contribution in [-0.4, -0.2) is 47.6 Å². The number of ketones is 1. The summed E-state index contributed by atoms with van der Waals surface area (Å²) < 4.78 is 39.6. The molecule has 1 saturated carbocycles. The molecule has 9 heteroatoms. The van der Waals surface area contributed by atoms with Gasteiger partial charge in [-0.05, 0) is 38.3 Å². The molecule has 1 unspecified atom stereocenters. The van der Waals surface area contributed by atoms with E-state index >= 15 is 0 Å². The first kappa shape index (κ1) is 24.3. The number of hydrogen-bond donors (Lipinski definition) is 2. The minimum atomic E-state index is -4.33. The van der Waals surface area contributed by atoms with Gasteiger partial charge < -0.3 is 9.64 Å². The Hall–Kier alpha value is -2.78. The SMILES string of the molecule is CCCCC(c1ccc(C(=O)CN2Cc3ccc(C4CC4)nc3C2=N)cc1OCC)S(=O)(=O)O. The molecular weight excluding hydrogens is 454 g/mol. The summed E-state index contributed by atoms with van der Waals surface area (Å²) in [7, 11) is -4.33. The average molecular weight is 486 g/mol. The molecule has 1 atom stereocenters. The van der Waals surface area contributed by atoms with Gasteiger partial charge in [0.2, 0.25) is 0 Å². The van der Waals surface area contributed by atoms with Gasteiger partial charge in [0.1, 0.15) is 22.5 Å². The molecule has 1 aromatic heterocycles. The van der Waals surface area contributed by atoms with Crippen molar-refractivity contribution in [1.82, 2.24) is 9.88 Å². The summed E-state index contributed by atoms with van der Waals surface area (Å²) in [5, 5.41) is 7.42. The van der Waals surface area contributed by atoms with Gasteiger partial charge in [-0.15, -0.1) is 0 Å². The van der Waals surface area contributed by atoms with Gasteiger partial charge in [0.05, 0.1) is 13.2 Å². The van der Waals surface area contributed by atoms with Crippen molar-refractivity contribution >= 4 is 21.7 Å². The molecule has 2 heterocycles. The van der Waals surface area contributed by atoms with E-state index in [4.69, 9.17) is 10.1 Å². The van der Waals surface area contributed by atoms with Gasteiger partial charge in [0, 0.05) is 34.8 Å². The number of carbonyl (C=O) groups is 1. The zero-order chi connectivity index (χ0) is 24.5. The Labute approximate surface area is 200 Å². The van der Waals surface area contributed by atoms with E-state index in [2.05, 4.69) is 4.98 Å². The van der Waals surface area contributed by atoms with Crippen LogP contribution in [0.25, 0.3) is 0 Å². The fraction of sp³-hybridized carbons (Fsp3) is 0.480. The van der Waals surface area contributed by atoms with Crippen molar-refractivity contribution in [3.8, 4) is 5.75 Å². The normalized spacial score (nSPS) is 16.4. The molecule has 4 rings (SSSR count). The van der Waals surface area contributed by atoms with Gasteiger partial charge in [0.25, 0.3) is 10.1 Å². The predicted octanol–water partition coefficient (Wildman–Crippen LogP) is 4.50. The monoisotopic (exact) mass is 485 g/mol. The number of Topliss-reactive ketones (excluding diaryl/α,β-unsaturated/α-hetero) is 1. The maximum absolute atomic E-state index is 13.1. The molecule has 0 saturated heterocycles. The maximum atomic E-state index is 13.1. The number of aromatic nitrogens is 1. The van der Waals surface area contributed by atoms with Crippen molar-refractivity contribution in [2.24, 2.45) is 0 Å². The van der Waals surface area contributed by atoms with Crippen LogP contribution in [0.2, 0.25) is 0 Å². The predicted molar refractivity (Wildman–Crippen MR) is 129 cm³/mol. The van der Waals surface area contributed by atoms with E-state index in [1.165, 1.54) is 0 Å². The lowest BCUT2D eigenvalue weighted by Crippen LogP contribution is -2.30. The molecule has 0 amide bonds. The molecule has 1 aromatic carbocycles. The highest BCUT2D eigenvalue weighted by molar-refractivity contribution is 7.86. The van der Waals surface area contributed by atoms with Crippen LogP contribution >= 0.6 is 0 Å². The Morgan fingerprint density at radius 1 is 1.26 bits per heavy atom. The second-order valence-corrected chi connectivity index (χ2v) is 10.6. The van der Waals surface area contributed by atoms with Gasteiger partial charge in [-0.2, -0.15) is 8.42 Å². The van der Waals surface area contributed by atoms with Crippen LogP contribution < -0.4 is 4.74 Å². The second kappa shape index (κ2) is 9.84. The van der Waals surface area contributed by atoms with Crippen LogP contribution in [-0.2, 0) is 16.7 Å². The standard InChI is InChI=1S/C25H31N3O5S/c1-3-5-6-23(34(30,31)32)19-11-9-17(13-22(19)33-4-2)21(29)15-28-14-18-10-12-20(16-7-8-16)27-24(18)25(28)26/h9-13,16,23,26H,3-8,14-15H2,1-2H3,(H,30,31,32). The third-order valence-corrected chi connectivity index (χ3v) is 7.60. The van der Waals surface area contributed by atoms with Crippen LogP contribution in [0.3, 0.4) is 0 Å². The average Bonchev–Trinajstić information content (AvgIpc) is 3.60. The summed E-state index contributed by atoms with van der Waals surface area (Å²) in [5.41, 5.74) is 3.33. The molecule has 0 bridgehead atoms. The van der Waals surface area contributed by atoms with E-state index in [-0.39, 0.29) is 36.9 Å². The first-order chi connectivity index (χ1) is 16.2. The molecule has 1 aliphatic heterocycles. The Morgan fingerprint density at radius 2 is 2.03 bits per heavy atom. The summed E-state index contributed by atoms with van der Waals surface area (Å²) in [6.07, 6.45) is 3.95. The number of rotatable bonds is 11. The summed E-state index contributed by atoms with van der Waals surface area (Å²) in [6.45, 7) is 4.48. The fourth-order valence-electron chi connectivity index (χ4n) is 4.38. The number of ether oxygens (including phenoxy) is 1. The van der Waals surface area contributed by atoms with Gasteiger partial charge in [-0.25, -0.2) is 4.98 Å². The van der Waals surface area contributed by atoms with E-state index < -0.39 is 15.4 Å². The van der Waals surface area contributed by atoms with Crippen molar-refractivity contribution in [3.05, 3.63) is 58.4 Å². The van der Waals surface area contributed by atoms with E-state index in [1.807, 2.05) is 19.1 Å². The van der Waals surface area contributed by atoms with E-state index in [9.17, 15) is 17.8 Å². The van der Waals surface area contributed by atoms with Crippen LogP contribution in [0.5, 0.6) is 5.75 Å². The molecule has 2 N–H and O–H groups in total. The first-order valence-corrected chi connectivity index (χ1v) is 13.3. The van der Waals surface area contributed by atoms with Crippen molar-refractivity contribution < 1.29 is 22.5 Å². The van der Waals surface area contributed by atoms with E-state index in [1.54, 1.807) is 30.0 Å². The molecule has 182 valence electrons. The smallest absolute Gasteiger partial charge is 0.272 e. The van der Waals surface area contributed by atoms with Gasteiger partial charge in [0.15, 0.2) is 5.78 Å². The summed E-state index contributed by atoms with van der Waals surface area (Å²) in [6, 6.07) is 8.69. The fourth-order valence-corrected chi connectivity index (χ4v) is 5.37. The van der Waals surface area contributed by atoms with Crippen LogP contribution in [0.15, 0.2) is 30.3 Å². The largest absolute Gasteiger partial charge is 0.494 e. The van der Waals surface area contributed by atoms with E-state index in [0.29, 0.717) is 35.7 Å².